The zero-order chi connectivity index (χ0) is 21.5. The van der Waals surface area contributed by atoms with Crippen molar-refractivity contribution < 1.29 is 23.5 Å². The van der Waals surface area contributed by atoms with E-state index >= 15 is 0 Å². The van der Waals surface area contributed by atoms with Crippen LogP contribution in [0.4, 0.5) is 0 Å². The van der Waals surface area contributed by atoms with E-state index in [1.54, 1.807) is 0 Å². The van der Waals surface area contributed by atoms with Crippen LogP contribution < -0.4 is 10.4 Å². The Hall–Kier alpha value is -2.44. The first-order valence-corrected chi connectivity index (χ1v) is 11.6. The van der Waals surface area contributed by atoms with Gasteiger partial charge in [0, 0.05) is 13.8 Å². The fourth-order valence-electron chi connectivity index (χ4n) is 3.54. The monoisotopic (exact) mass is 414 g/mol. The number of rotatable bonds is 8. The van der Waals surface area contributed by atoms with Gasteiger partial charge in [-0.15, -0.1) is 0 Å². The largest absolute Gasteiger partial charge is 0.462 e. The van der Waals surface area contributed by atoms with Gasteiger partial charge < -0.3 is 13.9 Å². The lowest BCUT2D eigenvalue weighted by atomic mass is 10.2. The van der Waals surface area contributed by atoms with Gasteiger partial charge in [-0.3, -0.25) is 9.59 Å². The van der Waals surface area contributed by atoms with Crippen LogP contribution in [-0.4, -0.2) is 39.6 Å². The summed E-state index contributed by atoms with van der Waals surface area (Å²) in [5.41, 5.74) is 0. The van der Waals surface area contributed by atoms with Gasteiger partial charge in [0.25, 0.3) is 8.32 Å². The summed E-state index contributed by atoms with van der Waals surface area (Å²) in [5.74, 6) is -0.860. The van der Waals surface area contributed by atoms with Gasteiger partial charge in [0.05, 0.1) is 6.61 Å². The van der Waals surface area contributed by atoms with Crippen molar-refractivity contribution in [1.82, 2.24) is 0 Å². The normalized spacial score (nSPS) is 12.9. The molecule has 5 nitrogen and oxygen atoms in total. The van der Waals surface area contributed by atoms with E-state index in [2.05, 4.69) is 45.0 Å². The van der Waals surface area contributed by atoms with E-state index in [1.807, 2.05) is 36.4 Å². The maximum Gasteiger partial charge on any atom is 0.303 e. The lowest BCUT2D eigenvalue weighted by Gasteiger charge is -2.43. The van der Waals surface area contributed by atoms with Crippen LogP contribution in [0.3, 0.4) is 0 Å². The van der Waals surface area contributed by atoms with Crippen LogP contribution in [-0.2, 0) is 23.5 Å². The fourth-order valence-corrected chi connectivity index (χ4v) is 8.13. The molecule has 2 aromatic carbocycles. The third-order valence-corrected chi connectivity index (χ3v) is 9.71. The van der Waals surface area contributed by atoms with Crippen molar-refractivity contribution in [1.29, 1.82) is 0 Å². The molecule has 6 heteroatoms. The molecule has 2 rings (SSSR count). The molecule has 0 unspecified atom stereocenters. The molecule has 0 saturated heterocycles. The number of benzene rings is 2. The molecule has 0 aliphatic rings. The highest BCUT2D eigenvalue weighted by molar-refractivity contribution is 6.99. The molecule has 0 radical (unpaired) electrons. The molecule has 0 N–H and O–H groups in total. The van der Waals surface area contributed by atoms with Crippen LogP contribution in [0, 0.1) is 0 Å². The Bertz CT molecular complexity index is 760. The lowest BCUT2D eigenvalue weighted by molar-refractivity contribution is -0.158. The minimum Gasteiger partial charge on any atom is -0.462 e. The van der Waals surface area contributed by atoms with E-state index in [9.17, 15) is 9.59 Å². The van der Waals surface area contributed by atoms with E-state index in [0.717, 1.165) is 10.4 Å². The first kappa shape index (κ1) is 22.8. The van der Waals surface area contributed by atoms with E-state index in [4.69, 9.17) is 13.9 Å². The zero-order valence-corrected chi connectivity index (χ0v) is 18.8. The van der Waals surface area contributed by atoms with E-state index in [0.29, 0.717) is 0 Å². The highest BCUT2D eigenvalue weighted by Gasteiger charge is 2.50. The highest BCUT2D eigenvalue weighted by Crippen LogP contribution is 2.36. The minimum absolute atomic E-state index is 0.0346. The van der Waals surface area contributed by atoms with Crippen LogP contribution in [0.25, 0.3) is 0 Å². The Labute approximate surface area is 174 Å². The SMILES string of the molecule is CC(=O)OC[C@@H](CO[Si](c1ccccc1)(c1ccccc1)C(C)(C)C)OC(C)=O. The van der Waals surface area contributed by atoms with E-state index in [-0.39, 0.29) is 18.3 Å². The quantitative estimate of drug-likeness (QED) is 0.491. The summed E-state index contributed by atoms with van der Waals surface area (Å²) in [4.78, 5) is 22.8. The van der Waals surface area contributed by atoms with Crippen molar-refractivity contribution in [3.8, 4) is 0 Å². The molecule has 2 aromatic rings. The summed E-state index contributed by atoms with van der Waals surface area (Å²) >= 11 is 0. The summed E-state index contributed by atoms with van der Waals surface area (Å²) in [6, 6.07) is 20.4. The minimum atomic E-state index is -2.75. The standard InChI is InChI=1S/C23H30O5Si/c1-18(24)26-16-20(28-19(2)25)17-27-29(23(3,4)5,21-12-8-6-9-13-21)22-14-10-7-11-15-22/h6-15,20H,16-17H2,1-5H3/t20-/m0/s1. The van der Waals surface area contributed by atoms with Gasteiger partial charge in [0.2, 0.25) is 0 Å². The highest BCUT2D eigenvalue weighted by atomic mass is 28.4. The van der Waals surface area contributed by atoms with Crippen molar-refractivity contribution in [2.75, 3.05) is 13.2 Å². The average molecular weight is 415 g/mol. The molecule has 1 atom stereocenters. The summed E-state index contributed by atoms with van der Waals surface area (Å²) in [6.45, 7) is 9.29. The predicted molar refractivity (Wildman–Crippen MR) is 116 cm³/mol. The molecule has 0 bridgehead atoms. The van der Waals surface area contributed by atoms with Crippen LogP contribution in [0.2, 0.25) is 5.04 Å². The summed E-state index contributed by atoms with van der Waals surface area (Å²) in [6.07, 6.45) is -0.668. The lowest BCUT2D eigenvalue weighted by Crippen LogP contribution is -2.67. The Balaban J connectivity index is 2.46. The zero-order valence-electron chi connectivity index (χ0n) is 17.8. The van der Waals surface area contributed by atoms with Gasteiger partial charge >= 0.3 is 11.9 Å². The molecule has 0 aliphatic carbocycles. The Morgan fingerprint density at radius 2 is 1.31 bits per heavy atom. The second-order valence-electron chi connectivity index (χ2n) is 8.01. The second-order valence-corrected chi connectivity index (χ2v) is 12.3. The van der Waals surface area contributed by atoms with Crippen LogP contribution >= 0.6 is 0 Å². The molecule has 29 heavy (non-hydrogen) atoms. The number of hydrogen-bond acceptors (Lipinski definition) is 5. The molecular weight excluding hydrogens is 384 g/mol. The van der Waals surface area contributed by atoms with Gasteiger partial charge in [-0.25, -0.2) is 0 Å². The topological polar surface area (TPSA) is 61.8 Å². The molecule has 156 valence electrons. The molecular formula is C23H30O5Si. The molecule has 0 aromatic heterocycles. The first-order valence-electron chi connectivity index (χ1n) is 9.72. The maximum atomic E-state index is 11.6. The van der Waals surface area contributed by atoms with E-state index < -0.39 is 26.4 Å². The third kappa shape index (κ3) is 5.77. The van der Waals surface area contributed by atoms with Crippen LogP contribution in [0.5, 0.6) is 0 Å². The van der Waals surface area contributed by atoms with Crippen molar-refractivity contribution >= 4 is 30.6 Å². The first-order chi connectivity index (χ1) is 13.7. The molecule has 0 saturated carbocycles. The van der Waals surface area contributed by atoms with Crippen molar-refractivity contribution in [3.63, 3.8) is 0 Å². The number of hydrogen-bond donors (Lipinski definition) is 0. The maximum absolute atomic E-state index is 11.6. The molecule has 0 fully saturated rings. The Kier molecular flexibility index (Phi) is 7.76. The average Bonchev–Trinajstić information content (AvgIpc) is 2.66. The van der Waals surface area contributed by atoms with Gasteiger partial charge in [0.15, 0.2) is 6.10 Å². The van der Waals surface area contributed by atoms with Gasteiger partial charge in [-0.1, -0.05) is 81.4 Å². The van der Waals surface area contributed by atoms with Gasteiger partial charge in [0.1, 0.15) is 6.61 Å². The number of ether oxygens (including phenoxy) is 2. The summed E-state index contributed by atoms with van der Waals surface area (Å²) in [7, 11) is -2.75. The number of esters is 2. The summed E-state index contributed by atoms with van der Waals surface area (Å²) in [5, 5.41) is 2.07. The Morgan fingerprint density at radius 3 is 1.69 bits per heavy atom. The predicted octanol–water partition coefficient (Wildman–Crippen LogP) is 3.06. The molecule has 0 aliphatic heterocycles. The fraction of sp³-hybridized carbons (Fsp3) is 0.391. The van der Waals surface area contributed by atoms with Crippen LogP contribution in [0.1, 0.15) is 34.6 Å². The molecule has 0 spiro atoms. The molecule has 0 amide bonds. The summed E-state index contributed by atoms with van der Waals surface area (Å²) < 4.78 is 17.2. The van der Waals surface area contributed by atoms with E-state index in [1.165, 1.54) is 13.8 Å². The smallest absolute Gasteiger partial charge is 0.303 e. The Morgan fingerprint density at radius 1 is 0.828 bits per heavy atom. The third-order valence-electron chi connectivity index (χ3n) is 4.71. The van der Waals surface area contributed by atoms with Gasteiger partial charge in [-0.2, -0.15) is 0 Å². The molecule has 0 heterocycles. The number of carbonyl (C=O) groups is 2. The van der Waals surface area contributed by atoms with Crippen LogP contribution in [0.15, 0.2) is 60.7 Å². The van der Waals surface area contributed by atoms with Gasteiger partial charge in [-0.05, 0) is 15.4 Å². The van der Waals surface area contributed by atoms with Crippen molar-refractivity contribution in [2.24, 2.45) is 0 Å². The number of carbonyl (C=O) groups excluding carboxylic acids is 2. The van der Waals surface area contributed by atoms with Crippen molar-refractivity contribution in [2.45, 2.75) is 45.8 Å². The second kappa shape index (κ2) is 9.85. The van der Waals surface area contributed by atoms with Crippen molar-refractivity contribution in [3.05, 3.63) is 60.7 Å².